The zero-order chi connectivity index (χ0) is 13.7. The zero-order valence-electron chi connectivity index (χ0n) is 11.3. The van der Waals surface area contributed by atoms with Crippen LogP contribution in [0, 0.1) is 0 Å². The van der Waals surface area contributed by atoms with Crippen LogP contribution in [0.15, 0.2) is 0 Å². The molecule has 104 valence electrons. The van der Waals surface area contributed by atoms with Crippen molar-refractivity contribution in [2.45, 2.75) is 32.1 Å². The van der Waals surface area contributed by atoms with Gasteiger partial charge in [-0.25, -0.2) is 0 Å². The van der Waals surface area contributed by atoms with Gasteiger partial charge in [0.1, 0.15) is 0 Å². The van der Waals surface area contributed by atoms with E-state index in [2.05, 4.69) is 0 Å². The number of nitrogens with zero attached hydrogens (tertiary/aromatic N) is 2. The Bertz CT molecular complexity index is 302. The highest BCUT2D eigenvalue weighted by atomic mass is 32.2. The van der Waals surface area contributed by atoms with Gasteiger partial charge in [-0.3, -0.25) is 9.59 Å². The third-order valence-electron chi connectivity index (χ3n) is 3.23. The maximum absolute atomic E-state index is 11.9. The van der Waals surface area contributed by atoms with Gasteiger partial charge in [0.15, 0.2) is 0 Å². The minimum Gasteiger partial charge on any atom is -0.392 e. The number of amides is 2. The molecule has 1 N–H and O–H groups in total. The number of rotatable bonds is 4. The molecule has 0 aromatic heterocycles. The van der Waals surface area contributed by atoms with E-state index in [-0.39, 0.29) is 17.1 Å². The van der Waals surface area contributed by atoms with Crippen LogP contribution in [0.1, 0.15) is 20.8 Å². The second-order valence-electron chi connectivity index (χ2n) is 4.64. The summed E-state index contributed by atoms with van der Waals surface area (Å²) < 4.78 is 0. The molecule has 1 saturated heterocycles. The van der Waals surface area contributed by atoms with Crippen LogP contribution in [0.3, 0.4) is 0 Å². The molecule has 0 aliphatic carbocycles. The zero-order valence-corrected chi connectivity index (χ0v) is 12.1. The van der Waals surface area contributed by atoms with E-state index >= 15 is 0 Å². The van der Waals surface area contributed by atoms with Crippen molar-refractivity contribution in [2.24, 2.45) is 0 Å². The van der Waals surface area contributed by atoms with E-state index in [1.165, 1.54) is 11.8 Å². The molecule has 0 saturated carbocycles. The Morgan fingerprint density at radius 1 is 1.17 bits per heavy atom. The fourth-order valence-electron chi connectivity index (χ4n) is 1.70. The van der Waals surface area contributed by atoms with E-state index in [4.69, 9.17) is 0 Å². The van der Waals surface area contributed by atoms with E-state index in [9.17, 15) is 14.7 Å². The van der Waals surface area contributed by atoms with Crippen molar-refractivity contribution in [2.75, 3.05) is 31.9 Å². The van der Waals surface area contributed by atoms with Gasteiger partial charge < -0.3 is 14.9 Å². The first-order valence-electron chi connectivity index (χ1n) is 6.24. The highest BCUT2D eigenvalue weighted by Gasteiger charge is 2.22. The summed E-state index contributed by atoms with van der Waals surface area (Å²) in [7, 11) is 0. The number of aliphatic hydroxyl groups is 1. The molecule has 18 heavy (non-hydrogen) atoms. The van der Waals surface area contributed by atoms with Crippen molar-refractivity contribution in [1.82, 2.24) is 9.80 Å². The molecule has 0 radical (unpaired) electrons. The first kappa shape index (κ1) is 15.3. The predicted molar refractivity (Wildman–Crippen MR) is 72.4 cm³/mol. The minimum atomic E-state index is -0.405. The van der Waals surface area contributed by atoms with Crippen molar-refractivity contribution in [3.05, 3.63) is 0 Å². The molecule has 1 aliphatic heterocycles. The monoisotopic (exact) mass is 274 g/mol. The van der Waals surface area contributed by atoms with Gasteiger partial charge in [-0.1, -0.05) is 6.92 Å². The molecule has 1 heterocycles. The Morgan fingerprint density at radius 2 is 1.67 bits per heavy atom. The molecule has 1 fully saturated rings. The Kier molecular flexibility index (Phi) is 5.95. The van der Waals surface area contributed by atoms with Crippen molar-refractivity contribution < 1.29 is 14.7 Å². The van der Waals surface area contributed by atoms with Crippen LogP contribution in [0.5, 0.6) is 0 Å². The number of hydrogen-bond donors (Lipinski definition) is 1. The van der Waals surface area contributed by atoms with Gasteiger partial charge in [-0.2, -0.15) is 0 Å². The fraction of sp³-hybridized carbons (Fsp3) is 0.833. The summed E-state index contributed by atoms with van der Waals surface area (Å²) in [6.45, 7) is 7.67. The van der Waals surface area contributed by atoms with E-state index in [0.717, 1.165) is 0 Å². The average molecular weight is 274 g/mol. The molecule has 2 unspecified atom stereocenters. The molecule has 1 rings (SSSR count). The quantitative estimate of drug-likeness (QED) is 0.794. The van der Waals surface area contributed by atoms with Crippen LogP contribution < -0.4 is 0 Å². The Balaban J connectivity index is 2.30. The normalized spacial score (nSPS) is 19.6. The topological polar surface area (TPSA) is 60.9 Å². The molecule has 1 aliphatic rings. The number of aliphatic hydroxyl groups excluding tert-OH is 1. The van der Waals surface area contributed by atoms with Crippen LogP contribution in [-0.2, 0) is 9.59 Å². The van der Waals surface area contributed by atoms with Gasteiger partial charge in [0, 0.05) is 38.4 Å². The summed E-state index contributed by atoms with van der Waals surface area (Å²) >= 11 is 1.47. The van der Waals surface area contributed by atoms with E-state index in [0.29, 0.717) is 31.9 Å². The van der Waals surface area contributed by atoms with Crippen LogP contribution in [0.4, 0.5) is 0 Å². The minimum absolute atomic E-state index is 0.0625. The van der Waals surface area contributed by atoms with Crippen LogP contribution in [-0.4, -0.2) is 70.0 Å². The lowest BCUT2D eigenvalue weighted by Crippen LogP contribution is -2.50. The van der Waals surface area contributed by atoms with Gasteiger partial charge >= 0.3 is 0 Å². The lowest BCUT2D eigenvalue weighted by molar-refractivity contribution is -0.136. The largest absolute Gasteiger partial charge is 0.392 e. The molecule has 0 aromatic rings. The molecule has 6 heteroatoms. The van der Waals surface area contributed by atoms with Gasteiger partial charge in [0.25, 0.3) is 0 Å². The molecule has 2 amide bonds. The molecule has 2 atom stereocenters. The van der Waals surface area contributed by atoms with Crippen molar-refractivity contribution in [3.8, 4) is 0 Å². The molecular formula is C12H22N2O3S. The second kappa shape index (κ2) is 6.99. The summed E-state index contributed by atoms with van der Waals surface area (Å²) in [5.74, 6) is 0.557. The molecular weight excluding hydrogens is 252 g/mol. The predicted octanol–water partition coefficient (Wildman–Crippen LogP) is 0.180. The summed E-state index contributed by atoms with van der Waals surface area (Å²) in [6, 6.07) is 0. The van der Waals surface area contributed by atoms with E-state index in [1.807, 2.05) is 6.92 Å². The molecule has 0 bridgehead atoms. The van der Waals surface area contributed by atoms with Crippen LogP contribution in [0.25, 0.3) is 0 Å². The summed E-state index contributed by atoms with van der Waals surface area (Å²) in [4.78, 5) is 26.6. The number of hydrogen-bond acceptors (Lipinski definition) is 4. The highest BCUT2D eigenvalue weighted by Crippen LogP contribution is 2.15. The number of thioether (sulfide) groups is 1. The third-order valence-corrected chi connectivity index (χ3v) is 4.56. The van der Waals surface area contributed by atoms with Crippen molar-refractivity contribution in [3.63, 3.8) is 0 Å². The maximum atomic E-state index is 11.9. The summed E-state index contributed by atoms with van der Waals surface area (Å²) in [5, 5.41) is 9.41. The van der Waals surface area contributed by atoms with Crippen LogP contribution >= 0.6 is 11.8 Å². The van der Waals surface area contributed by atoms with E-state index < -0.39 is 6.10 Å². The number of carbonyl (C=O) groups excluding carboxylic acids is 2. The average Bonchev–Trinajstić information content (AvgIpc) is 2.35. The van der Waals surface area contributed by atoms with E-state index in [1.54, 1.807) is 23.6 Å². The van der Waals surface area contributed by atoms with Gasteiger partial charge in [-0.05, 0) is 6.92 Å². The SMILES string of the molecule is CC(=O)N1CCN(C(=O)CSC(C)C(C)O)CC1. The lowest BCUT2D eigenvalue weighted by Gasteiger charge is -2.34. The highest BCUT2D eigenvalue weighted by molar-refractivity contribution is 8.00. The Hall–Kier alpha value is -0.750. The standard InChI is InChI=1S/C12H22N2O3S/c1-9(15)10(2)18-8-12(17)14-6-4-13(5-7-14)11(3)16/h9-10,15H,4-8H2,1-3H3. The fourth-order valence-corrected chi connectivity index (χ4v) is 2.57. The van der Waals surface area contributed by atoms with Crippen LogP contribution in [0.2, 0.25) is 0 Å². The first-order chi connectivity index (χ1) is 8.41. The lowest BCUT2D eigenvalue weighted by atomic mass is 10.3. The Labute approximate surface area is 113 Å². The molecule has 0 aromatic carbocycles. The van der Waals surface area contributed by atoms with Gasteiger partial charge in [-0.15, -0.1) is 11.8 Å². The smallest absolute Gasteiger partial charge is 0.232 e. The van der Waals surface area contributed by atoms with Crippen molar-refractivity contribution in [1.29, 1.82) is 0 Å². The first-order valence-corrected chi connectivity index (χ1v) is 7.29. The number of carbonyl (C=O) groups is 2. The molecule has 0 spiro atoms. The van der Waals surface area contributed by atoms with Gasteiger partial charge in [0.2, 0.25) is 11.8 Å². The summed E-state index contributed by atoms with van der Waals surface area (Å²) in [6.07, 6.45) is -0.405. The Morgan fingerprint density at radius 3 is 2.11 bits per heavy atom. The van der Waals surface area contributed by atoms with Crippen molar-refractivity contribution >= 4 is 23.6 Å². The summed E-state index contributed by atoms with van der Waals surface area (Å²) in [5.41, 5.74) is 0. The second-order valence-corrected chi connectivity index (χ2v) is 6.01. The van der Waals surface area contributed by atoms with Gasteiger partial charge in [0.05, 0.1) is 11.9 Å². The third kappa shape index (κ3) is 4.49. The molecule has 5 nitrogen and oxygen atoms in total. The number of piperazine rings is 1. The maximum Gasteiger partial charge on any atom is 0.232 e.